The Morgan fingerprint density at radius 3 is 2.59 bits per heavy atom. The van der Waals surface area contributed by atoms with Crippen LogP contribution in [0.1, 0.15) is 40.3 Å². The number of nitrogens with one attached hydrogen (secondary N) is 1. The molecule has 4 aromatic rings. The third kappa shape index (κ3) is 3.56. The molecule has 5 rings (SSSR count). The number of rotatable bonds is 4. The maximum absolute atomic E-state index is 5.87. The molecular formula is C24H22BrN5S2. The van der Waals surface area contributed by atoms with Crippen molar-refractivity contribution in [2.75, 3.05) is 4.90 Å². The summed E-state index contributed by atoms with van der Waals surface area (Å²) in [6.45, 7) is 6.38. The number of aryl methyl sites for hydroxylation is 2. The highest BCUT2D eigenvalue weighted by Gasteiger charge is 2.42. The van der Waals surface area contributed by atoms with Crippen molar-refractivity contribution in [3.8, 4) is 5.13 Å². The van der Waals surface area contributed by atoms with Gasteiger partial charge in [0, 0.05) is 39.3 Å². The van der Waals surface area contributed by atoms with Gasteiger partial charge in [0.05, 0.1) is 17.8 Å². The molecular weight excluding hydrogens is 502 g/mol. The molecule has 1 fully saturated rings. The monoisotopic (exact) mass is 523 g/mol. The highest BCUT2D eigenvalue weighted by molar-refractivity contribution is 9.10. The van der Waals surface area contributed by atoms with Crippen molar-refractivity contribution in [2.24, 2.45) is 0 Å². The topological polar surface area (TPSA) is 46.0 Å². The molecule has 8 heteroatoms. The molecule has 162 valence electrons. The first kappa shape index (κ1) is 21.3. The average molecular weight is 525 g/mol. The van der Waals surface area contributed by atoms with E-state index in [2.05, 4.69) is 91.8 Å². The lowest BCUT2D eigenvalue weighted by molar-refractivity contribution is 0.565. The smallest absolute Gasteiger partial charge is 0.193 e. The number of thiazole rings is 1. The number of nitrogens with zero attached hydrogens (tertiary/aromatic N) is 4. The van der Waals surface area contributed by atoms with E-state index in [-0.39, 0.29) is 12.1 Å². The molecule has 1 aromatic carbocycles. The molecule has 0 bridgehead atoms. The van der Waals surface area contributed by atoms with Crippen molar-refractivity contribution in [3.05, 3.63) is 92.9 Å². The number of anilines is 1. The minimum atomic E-state index is -0.0714. The molecule has 1 saturated heterocycles. The number of pyridine rings is 1. The fourth-order valence-corrected chi connectivity index (χ4v) is 5.78. The van der Waals surface area contributed by atoms with Crippen LogP contribution in [0.3, 0.4) is 0 Å². The van der Waals surface area contributed by atoms with Gasteiger partial charge in [-0.25, -0.2) is 4.98 Å². The average Bonchev–Trinajstić information content (AvgIpc) is 3.49. The van der Waals surface area contributed by atoms with Gasteiger partial charge < -0.3 is 10.2 Å². The minimum Gasteiger partial charge on any atom is -0.351 e. The minimum absolute atomic E-state index is 0.0436. The Bertz CT molecular complexity index is 1280. The van der Waals surface area contributed by atoms with E-state index in [4.69, 9.17) is 12.2 Å². The molecule has 5 nitrogen and oxygen atoms in total. The zero-order valence-corrected chi connectivity index (χ0v) is 21.1. The first-order chi connectivity index (χ1) is 15.5. The van der Waals surface area contributed by atoms with Crippen LogP contribution in [-0.4, -0.2) is 19.6 Å². The number of halogens is 1. The molecule has 0 spiro atoms. The standard InChI is InChI=1S/C24H22BrN5S2/c1-14-12-17(7-8-19(14)25)30-22(21(28-23(30)31)20-6-4-5-9-26-20)18-13-15(2)29(16(18)3)24-27-10-11-32-24/h4-13,21-22H,1-3H3,(H,28,31)/t21-,22-/m1/s1. The van der Waals surface area contributed by atoms with Crippen LogP contribution in [0.4, 0.5) is 5.69 Å². The zero-order valence-electron chi connectivity index (χ0n) is 17.9. The second-order valence-electron chi connectivity index (χ2n) is 7.91. The van der Waals surface area contributed by atoms with Gasteiger partial charge in [0.1, 0.15) is 0 Å². The summed E-state index contributed by atoms with van der Waals surface area (Å²) < 4.78 is 3.31. The molecule has 0 saturated carbocycles. The van der Waals surface area contributed by atoms with Gasteiger partial charge in [-0.3, -0.25) is 9.55 Å². The predicted molar refractivity (Wildman–Crippen MR) is 138 cm³/mol. The molecule has 3 aromatic heterocycles. The van der Waals surface area contributed by atoms with Crippen molar-refractivity contribution in [3.63, 3.8) is 0 Å². The molecule has 1 aliphatic rings. The third-order valence-electron chi connectivity index (χ3n) is 5.92. The van der Waals surface area contributed by atoms with Crippen LogP contribution in [0.2, 0.25) is 0 Å². The Morgan fingerprint density at radius 1 is 1.06 bits per heavy atom. The van der Waals surface area contributed by atoms with E-state index in [9.17, 15) is 0 Å². The normalized spacial score (nSPS) is 18.2. The maximum Gasteiger partial charge on any atom is 0.193 e. The first-order valence-corrected chi connectivity index (χ1v) is 12.4. The fraction of sp³-hybridized carbons (Fsp3) is 0.208. The van der Waals surface area contributed by atoms with Crippen LogP contribution in [0.25, 0.3) is 5.13 Å². The van der Waals surface area contributed by atoms with E-state index >= 15 is 0 Å². The fourth-order valence-electron chi connectivity index (χ4n) is 4.44. The highest BCUT2D eigenvalue weighted by atomic mass is 79.9. The number of hydrogen-bond donors (Lipinski definition) is 1. The van der Waals surface area contributed by atoms with Crippen LogP contribution in [-0.2, 0) is 0 Å². The summed E-state index contributed by atoms with van der Waals surface area (Å²) in [4.78, 5) is 11.4. The van der Waals surface area contributed by atoms with E-state index in [0.29, 0.717) is 5.11 Å². The largest absolute Gasteiger partial charge is 0.351 e. The molecule has 0 unspecified atom stereocenters. The molecule has 32 heavy (non-hydrogen) atoms. The van der Waals surface area contributed by atoms with Crippen molar-refractivity contribution < 1.29 is 0 Å². The van der Waals surface area contributed by atoms with Crippen LogP contribution >= 0.6 is 39.5 Å². The summed E-state index contributed by atoms with van der Waals surface area (Å²) in [7, 11) is 0. The van der Waals surface area contributed by atoms with E-state index in [1.807, 2.05) is 29.9 Å². The molecule has 4 heterocycles. The summed E-state index contributed by atoms with van der Waals surface area (Å²) in [6.07, 6.45) is 3.68. The van der Waals surface area contributed by atoms with Crippen molar-refractivity contribution in [2.45, 2.75) is 32.9 Å². The van der Waals surface area contributed by atoms with Crippen molar-refractivity contribution in [1.29, 1.82) is 0 Å². The van der Waals surface area contributed by atoms with Gasteiger partial charge in [-0.2, -0.15) is 0 Å². The van der Waals surface area contributed by atoms with Gasteiger partial charge in [0.2, 0.25) is 0 Å². The Morgan fingerprint density at radius 2 is 1.91 bits per heavy atom. The van der Waals surface area contributed by atoms with Gasteiger partial charge in [-0.15, -0.1) is 11.3 Å². The summed E-state index contributed by atoms with van der Waals surface area (Å²) in [5.74, 6) is 0. The zero-order chi connectivity index (χ0) is 22.4. The number of thiocarbonyl (C=S) groups is 1. The van der Waals surface area contributed by atoms with Gasteiger partial charge >= 0.3 is 0 Å². The van der Waals surface area contributed by atoms with Crippen LogP contribution in [0, 0.1) is 20.8 Å². The molecule has 0 aliphatic carbocycles. The molecule has 1 N–H and O–H groups in total. The summed E-state index contributed by atoms with van der Waals surface area (Å²) in [6, 6.07) is 14.5. The van der Waals surface area contributed by atoms with E-state index < -0.39 is 0 Å². The first-order valence-electron chi connectivity index (χ1n) is 10.3. The highest BCUT2D eigenvalue weighted by Crippen LogP contribution is 2.44. The predicted octanol–water partition coefficient (Wildman–Crippen LogP) is 6.19. The van der Waals surface area contributed by atoms with Gasteiger partial charge in [0.25, 0.3) is 0 Å². The summed E-state index contributed by atoms with van der Waals surface area (Å²) in [5, 5.41) is 7.23. The van der Waals surface area contributed by atoms with Crippen molar-refractivity contribution >= 4 is 50.3 Å². The van der Waals surface area contributed by atoms with Gasteiger partial charge in [-0.1, -0.05) is 22.0 Å². The number of hydrogen-bond acceptors (Lipinski definition) is 4. The van der Waals surface area contributed by atoms with Crippen LogP contribution in [0.5, 0.6) is 0 Å². The maximum atomic E-state index is 5.87. The second kappa shape index (κ2) is 8.42. The number of aromatic nitrogens is 3. The SMILES string of the molecule is Cc1cc(N2C(=S)N[C@H](c3ccccn3)[C@H]2c2cc(C)n(-c3nccs3)c2C)ccc1Br. The molecule has 0 radical (unpaired) electrons. The second-order valence-corrected chi connectivity index (χ2v) is 10.0. The van der Waals surface area contributed by atoms with Crippen molar-refractivity contribution in [1.82, 2.24) is 19.9 Å². The van der Waals surface area contributed by atoms with Gasteiger partial charge in [-0.05, 0) is 80.5 Å². The Kier molecular flexibility index (Phi) is 5.61. The molecule has 2 atom stereocenters. The van der Waals surface area contributed by atoms with Crippen LogP contribution < -0.4 is 10.2 Å². The van der Waals surface area contributed by atoms with E-state index in [1.165, 1.54) is 11.1 Å². The quantitative estimate of drug-likeness (QED) is 0.323. The van der Waals surface area contributed by atoms with E-state index in [1.54, 1.807) is 11.3 Å². The molecule has 1 aliphatic heterocycles. The third-order valence-corrected chi connectivity index (χ3v) is 7.88. The lowest BCUT2D eigenvalue weighted by Crippen LogP contribution is -2.29. The number of benzene rings is 1. The summed E-state index contributed by atoms with van der Waals surface area (Å²) >= 11 is 11.1. The Balaban J connectivity index is 1.69. The lowest BCUT2D eigenvalue weighted by atomic mass is 9.96. The lowest BCUT2D eigenvalue weighted by Gasteiger charge is -2.28. The summed E-state index contributed by atoms with van der Waals surface area (Å²) in [5.41, 5.74) is 6.71. The molecule has 0 amide bonds. The van der Waals surface area contributed by atoms with Gasteiger partial charge in [0.15, 0.2) is 10.2 Å². The van der Waals surface area contributed by atoms with E-state index in [0.717, 1.165) is 32.4 Å². The Labute approximate surface area is 205 Å². The van der Waals surface area contributed by atoms with Crippen LogP contribution in [0.15, 0.2) is 64.7 Å². The Hall–Kier alpha value is -2.55.